The van der Waals surface area contributed by atoms with Gasteiger partial charge in [-0.25, -0.2) is 4.98 Å². The summed E-state index contributed by atoms with van der Waals surface area (Å²) in [7, 11) is 0. The highest BCUT2D eigenvalue weighted by atomic mass is 35.5. The summed E-state index contributed by atoms with van der Waals surface area (Å²) in [6, 6.07) is 3.94. The van der Waals surface area contributed by atoms with Gasteiger partial charge in [-0.3, -0.25) is 0 Å². The van der Waals surface area contributed by atoms with Gasteiger partial charge in [0.25, 0.3) is 0 Å². The molecule has 3 rings (SSSR count). The van der Waals surface area contributed by atoms with Crippen molar-refractivity contribution in [3.05, 3.63) is 46.0 Å². The Bertz CT molecular complexity index is 880. The van der Waals surface area contributed by atoms with Crippen LogP contribution < -0.4 is 5.73 Å². The van der Waals surface area contributed by atoms with Gasteiger partial charge in [-0.05, 0) is 35.8 Å². The number of ether oxygens (including phenoxy) is 1. The molecule has 0 radical (unpaired) electrons. The van der Waals surface area contributed by atoms with E-state index >= 15 is 0 Å². The van der Waals surface area contributed by atoms with E-state index in [0.717, 1.165) is 22.3 Å². The molecule has 0 amide bonds. The summed E-state index contributed by atoms with van der Waals surface area (Å²) in [5, 5.41) is 1.50. The number of nitrogens with zero attached hydrogens (tertiary/aromatic N) is 3. The first-order chi connectivity index (χ1) is 12.4. The number of fused-ring (bicyclic) bond motifs is 2. The fourth-order valence-electron chi connectivity index (χ4n) is 2.58. The van der Waals surface area contributed by atoms with E-state index in [2.05, 4.69) is 28.8 Å². The molecule has 2 heterocycles. The molecule has 0 spiro atoms. The lowest BCUT2D eigenvalue weighted by molar-refractivity contribution is 0.142. The third-order valence-electron chi connectivity index (χ3n) is 3.63. The first kappa shape index (κ1) is 18.9. The number of nitrogen functional groups attached to an aromatic ring is 1. The van der Waals surface area contributed by atoms with Crippen LogP contribution in [0.5, 0.6) is 0 Å². The van der Waals surface area contributed by atoms with E-state index in [0.29, 0.717) is 34.5 Å². The molecule has 136 valence electrons. The number of hydrogen-bond acceptors (Lipinski definition) is 6. The van der Waals surface area contributed by atoms with Crippen LogP contribution in [-0.4, -0.2) is 26.8 Å². The number of rotatable bonds is 3. The first-order valence-electron chi connectivity index (χ1n) is 8.35. The van der Waals surface area contributed by atoms with Crippen LogP contribution >= 0.6 is 23.4 Å². The van der Waals surface area contributed by atoms with Crippen LogP contribution in [0.3, 0.4) is 0 Å². The van der Waals surface area contributed by atoms with Gasteiger partial charge in [0.1, 0.15) is 0 Å². The van der Waals surface area contributed by atoms with Gasteiger partial charge in [-0.15, -0.1) is 0 Å². The Kier molecular flexibility index (Phi) is 5.96. The van der Waals surface area contributed by atoms with Crippen molar-refractivity contribution in [1.29, 1.82) is 0 Å². The normalized spacial score (nSPS) is 17.7. The smallest absolute Gasteiger partial charge is 0.224 e. The lowest BCUT2D eigenvalue weighted by Crippen LogP contribution is -2.05. The van der Waals surface area contributed by atoms with Crippen LogP contribution in [0, 0.1) is 0 Å². The largest absolute Gasteiger partial charge is 0.372 e. The molecule has 1 aromatic carbocycles. The second-order valence-corrected chi connectivity index (χ2v) is 8.32. The number of thioether (sulfide) groups is 1. The highest BCUT2D eigenvalue weighted by Gasteiger charge is 2.16. The first-order valence-corrected chi connectivity index (χ1v) is 9.60. The van der Waals surface area contributed by atoms with Crippen LogP contribution in [-0.2, 0) is 11.3 Å². The van der Waals surface area contributed by atoms with Gasteiger partial charge in [-0.2, -0.15) is 9.97 Å². The molecule has 2 aromatic rings. The molecule has 0 unspecified atom stereocenters. The minimum absolute atomic E-state index is 0.188. The fraction of sp³-hybridized carbons (Fsp3) is 0.316. The zero-order valence-corrected chi connectivity index (χ0v) is 16.6. The average Bonchev–Trinajstić information content (AvgIpc) is 2.53. The second kappa shape index (κ2) is 8.20. The maximum absolute atomic E-state index is 6.59. The molecule has 1 aliphatic rings. The number of nitrogens with two attached hydrogens (primary N) is 1. The molecular formula is C19H21ClN4OS. The standard InChI is InChI=1S/C19H21ClN4OS/c1-11(2)26-19-23-17(22-18(21)24-19)16-14-6-4-5-12(3)9-25-10-13(7-14)8-15(16)20/h4-8,11H,9-10H2,1-3H3,(H2,21,22,23,24)/b6-4-,12-5+. The lowest BCUT2D eigenvalue weighted by atomic mass is 10.0. The Morgan fingerprint density at radius 2 is 2.00 bits per heavy atom. The van der Waals surface area contributed by atoms with Gasteiger partial charge in [0, 0.05) is 10.8 Å². The van der Waals surface area contributed by atoms with Crippen molar-refractivity contribution in [2.75, 3.05) is 12.3 Å². The Balaban J connectivity index is 2.13. The molecule has 2 N–H and O–H groups in total. The van der Waals surface area contributed by atoms with E-state index in [1.165, 1.54) is 11.8 Å². The van der Waals surface area contributed by atoms with Gasteiger partial charge in [0.05, 0.1) is 18.2 Å². The van der Waals surface area contributed by atoms with E-state index in [9.17, 15) is 0 Å². The van der Waals surface area contributed by atoms with E-state index in [1.807, 2.05) is 37.3 Å². The van der Waals surface area contributed by atoms with Crippen LogP contribution in [0.15, 0.2) is 35.0 Å². The molecule has 0 aliphatic carbocycles. The maximum Gasteiger partial charge on any atom is 0.224 e. The molecule has 26 heavy (non-hydrogen) atoms. The molecule has 0 saturated heterocycles. The summed E-state index contributed by atoms with van der Waals surface area (Å²) < 4.78 is 5.72. The van der Waals surface area contributed by atoms with Crippen molar-refractivity contribution in [3.8, 4) is 11.4 Å². The number of benzene rings is 1. The second-order valence-electron chi connectivity index (χ2n) is 6.37. The zero-order valence-electron chi connectivity index (χ0n) is 15.0. The maximum atomic E-state index is 6.59. The summed E-state index contributed by atoms with van der Waals surface area (Å²) in [6.45, 7) is 7.29. The summed E-state index contributed by atoms with van der Waals surface area (Å²) in [5.41, 5.74) is 9.74. The molecule has 0 saturated carbocycles. The Hall–Kier alpha value is -1.89. The molecule has 5 nitrogen and oxygen atoms in total. The third-order valence-corrected chi connectivity index (χ3v) is 4.80. The highest BCUT2D eigenvalue weighted by Crippen LogP contribution is 2.33. The van der Waals surface area contributed by atoms with E-state index in [1.54, 1.807) is 0 Å². The summed E-state index contributed by atoms with van der Waals surface area (Å²) >= 11 is 8.13. The molecule has 7 heteroatoms. The number of halogens is 1. The van der Waals surface area contributed by atoms with Crippen LogP contribution in [0.1, 0.15) is 31.9 Å². The Labute approximate surface area is 162 Å². The van der Waals surface area contributed by atoms with Crippen LogP contribution in [0.25, 0.3) is 17.5 Å². The Morgan fingerprint density at radius 1 is 1.19 bits per heavy atom. The summed E-state index contributed by atoms with van der Waals surface area (Å²) in [5.74, 6) is 0.670. The number of aromatic nitrogens is 3. The molecule has 0 atom stereocenters. The van der Waals surface area contributed by atoms with E-state index in [-0.39, 0.29) is 5.95 Å². The van der Waals surface area contributed by atoms with Crippen molar-refractivity contribution >= 4 is 35.4 Å². The predicted molar refractivity (Wildman–Crippen MR) is 108 cm³/mol. The average molecular weight is 389 g/mol. The minimum Gasteiger partial charge on any atom is -0.372 e. The van der Waals surface area contributed by atoms with Crippen LogP contribution in [0.2, 0.25) is 5.02 Å². The number of allylic oxidation sites excluding steroid dienone is 2. The molecule has 0 fully saturated rings. The van der Waals surface area contributed by atoms with Crippen molar-refractivity contribution < 1.29 is 4.74 Å². The van der Waals surface area contributed by atoms with Gasteiger partial charge in [0.15, 0.2) is 11.0 Å². The quantitative estimate of drug-likeness (QED) is 0.764. The van der Waals surface area contributed by atoms with E-state index in [4.69, 9.17) is 22.1 Å². The van der Waals surface area contributed by atoms with Crippen LogP contribution in [0.4, 0.5) is 5.95 Å². The van der Waals surface area contributed by atoms with Gasteiger partial charge >= 0.3 is 0 Å². The molecule has 2 bridgehead atoms. The van der Waals surface area contributed by atoms with Crippen molar-refractivity contribution in [1.82, 2.24) is 15.0 Å². The molecular weight excluding hydrogens is 368 g/mol. The number of hydrogen-bond donors (Lipinski definition) is 1. The van der Waals surface area contributed by atoms with Crippen molar-refractivity contribution in [3.63, 3.8) is 0 Å². The highest BCUT2D eigenvalue weighted by molar-refractivity contribution is 7.99. The molecule has 1 aliphatic heterocycles. The predicted octanol–water partition coefficient (Wildman–Crippen LogP) is 4.76. The monoisotopic (exact) mass is 388 g/mol. The number of anilines is 1. The minimum atomic E-state index is 0.188. The molecule has 1 aromatic heterocycles. The topological polar surface area (TPSA) is 73.9 Å². The van der Waals surface area contributed by atoms with E-state index < -0.39 is 0 Å². The summed E-state index contributed by atoms with van der Waals surface area (Å²) in [6.07, 6.45) is 6.02. The van der Waals surface area contributed by atoms with Crippen molar-refractivity contribution in [2.45, 2.75) is 37.8 Å². The summed E-state index contributed by atoms with van der Waals surface area (Å²) in [4.78, 5) is 13.1. The Morgan fingerprint density at radius 3 is 2.77 bits per heavy atom. The third kappa shape index (κ3) is 4.63. The van der Waals surface area contributed by atoms with Gasteiger partial charge in [-0.1, -0.05) is 55.4 Å². The lowest BCUT2D eigenvalue weighted by Gasteiger charge is -2.14. The van der Waals surface area contributed by atoms with Gasteiger partial charge in [0.2, 0.25) is 5.95 Å². The van der Waals surface area contributed by atoms with Gasteiger partial charge < -0.3 is 10.5 Å². The zero-order chi connectivity index (χ0) is 18.7. The fourth-order valence-corrected chi connectivity index (χ4v) is 3.62. The van der Waals surface area contributed by atoms with Crippen molar-refractivity contribution in [2.24, 2.45) is 0 Å². The SMILES string of the molecule is C/C1=C\C=C/c2cc(cc(Cl)c2-c2nc(N)nc(SC(C)C)n2)COC1.